The van der Waals surface area contributed by atoms with Gasteiger partial charge in [0, 0.05) is 31.1 Å². The fraction of sp³-hybridized carbons (Fsp3) is 0.205. The highest BCUT2D eigenvalue weighted by Gasteiger charge is 2.14. The fourth-order valence-corrected chi connectivity index (χ4v) is 4.34. The average Bonchev–Trinajstić information content (AvgIpc) is 3.23. The van der Waals surface area contributed by atoms with Crippen LogP contribution >= 0.6 is 0 Å². The van der Waals surface area contributed by atoms with E-state index in [-0.39, 0.29) is 25.6 Å². The standard InChI is InChI=1S/C33H32O10.C11H12O3/c1-4-30(34)40-20-6-18-38-26-12-8-24(9-13-26)32(36)42-28-16-17-29(23(3)22-28)43-33(37)25-10-14-27(15-11-25)39-19-7-21-41-31(35)5-2;1-2-11(12)14-9-8-13-10-6-4-3-5-7-10/h4-5,8-17,22H,1-2,6-7,18-21H2,3H3;2-7H,1,8-9H2. The molecule has 13 heteroatoms. The van der Waals surface area contributed by atoms with Crippen molar-refractivity contribution in [3.8, 4) is 28.7 Å². The first-order chi connectivity index (χ1) is 27.6. The summed E-state index contributed by atoms with van der Waals surface area (Å²) in [6, 6.07) is 26.9. The summed E-state index contributed by atoms with van der Waals surface area (Å²) >= 11 is 0. The molecular formula is C44H44O13. The van der Waals surface area contributed by atoms with Crippen LogP contribution in [0.5, 0.6) is 28.7 Å². The lowest BCUT2D eigenvalue weighted by Gasteiger charge is -2.11. The predicted octanol–water partition coefficient (Wildman–Crippen LogP) is 7.22. The molecule has 0 spiro atoms. The van der Waals surface area contributed by atoms with Crippen LogP contribution in [0.15, 0.2) is 135 Å². The molecule has 0 heterocycles. The molecule has 0 fully saturated rings. The highest BCUT2D eigenvalue weighted by atomic mass is 16.6. The Bertz CT molecular complexity index is 1940. The molecule has 0 unspecified atom stereocenters. The van der Waals surface area contributed by atoms with Crippen LogP contribution in [0.4, 0.5) is 0 Å². The number of hydrogen-bond donors (Lipinski definition) is 0. The SMILES string of the molecule is C=CC(=O)OCCCOc1ccc(C(=O)Oc2ccc(OC(=O)c3ccc(OCCCOC(=O)C=C)cc3)c(C)c2)cc1.C=CC(=O)OCCOc1ccccc1. The first-order valence-electron chi connectivity index (χ1n) is 17.7. The predicted molar refractivity (Wildman–Crippen MR) is 210 cm³/mol. The van der Waals surface area contributed by atoms with Crippen LogP contribution in [0, 0.1) is 6.92 Å². The highest BCUT2D eigenvalue weighted by Crippen LogP contribution is 2.26. The van der Waals surface area contributed by atoms with E-state index in [0.717, 1.165) is 24.0 Å². The van der Waals surface area contributed by atoms with Crippen LogP contribution in [-0.2, 0) is 28.6 Å². The third-order valence-electron chi connectivity index (χ3n) is 7.18. The van der Waals surface area contributed by atoms with Gasteiger partial charge in [0.25, 0.3) is 0 Å². The van der Waals surface area contributed by atoms with E-state index >= 15 is 0 Å². The van der Waals surface area contributed by atoms with Gasteiger partial charge in [0.2, 0.25) is 0 Å². The Morgan fingerprint density at radius 2 is 0.895 bits per heavy atom. The molecule has 0 aromatic heterocycles. The molecule has 0 atom stereocenters. The summed E-state index contributed by atoms with van der Waals surface area (Å²) in [4.78, 5) is 57.9. The van der Waals surface area contributed by atoms with E-state index in [0.29, 0.717) is 66.6 Å². The maximum atomic E-state index is 12.6. The third kappa shape index (κ3) is 17.2. The first-order valence-corrected chi connectivity index (χ1v) is 17.7. The number of para-hydroxylation sites is 1. The van der Waals surface area contributed by atoms with Gasteiger partial charge in [0.1, 0.15) is 42.0 Å². The molecule has 4 aromatic rings. The van der Waals surface area contributed by atoms with Gasteiger partial charge in [0.05, 0.1) is 37.6 Å². The summed E-state index contributed by atoms with van der Waals surface area (Å²) in [7, 11) is 0. The highest BCUT2D eigenvalue weighted by molar-refractivity contribution is 5.92. The van der Waals surface area contributed by atoms with E-state index in [4.69, 9.17) is 37.9 Å². The summed E-state index contributed by atoms with van der Waals surface area (Å²) in [6.45, 7) is 13.4. The Morgan fingerprint density at radius 3 is 1.37 bits per heavy atom. The molecule has 0 N–H and O–H groups in total. The second-order valence-corrected chi connectivity index (χ2v) is 11.4. The van der Waals surface area contributed by atoms with Crippen LogP contribution in [-0.4, -0.2) is 69.5 Å². The van der Waals surface area contributed by atoms with E-state index in [1.165, 1.54) is 6.07 Å². The first kappa shape index (κ1) is 44.2. The molecule has 0 radical (unpaired) electrons. The molecule has 0 aliphatic rings. The Hall–Kier alpha value is -7.15. The Morgan fingerprint density at radius 1 is 0.474 bits per heavy atom. The molecule has 0 amide bonds. The molecule has 0 saturated heterocycles. The fourth-order valence-electron chi connectivity index (χ4n) is 4.34. The smallest absolute Gasteiger partial charge is 0.343 e. The van der Waals surface area contributed by atoms with Crippen LogP contribution in [0.3, 0.4) is 0 Å². The second kappa shape index (κ2) is 25.0. The number of carbonyl (C=O) groups is 5. The zero-order chi connectivity index (χ0) is 41.3. The minimum atomic E-state index is -0.563. The number of benzene rings is 4. The van der Waals surface area contributed by atoms with Gasteiger partial charge in [-0.2, -0.15) is 0 Å². The van der Waals surface area contributed by atoms with Crippen LogP contribution in [0.25, 0.3) is 0 Å². The van der Waals surface area contributed by atoms with Gasteiger partial charge in [-0.15, -0.1) is 0 Å². The van der Waals surface area contributed by atoms with Crippen molar-refractivity contribution < 1.29 is 61.9 Å². The summed E-state index contributed by atoms with van der Waals surface area (Å²) in [6.07, 6.45) is 4.34. The number of aryl methyl sites for hydroxylation is 1. The maximum absolute atomic E-state index is 12.6. The topological polar surface area (TPSA) is 159 Å². The van der Waals surface area contributed by atoms with Gasteiger partial charge >= 0.3 is 29.8 Å². The Labute approximate surface area is 331 Å². The average molecular weight is 781 g/mol. The lowest BCUT2D eigenvalue weighted by Crippen LogP contribution is -2.11. The third-order valence-corrected chi connectivity index (χ3v) is 7.18. The van der Waals surface area contributed by atoms with Gasteiger partial charge in [-0.05, 0) is 91.3 Å². The van der Waals surface area contributed by atoms with E-state index in [2.05, 4.69) is 19.7 Å². The summed E-state index contributed by atoms with van der Waals surface area (Å²) in [5, 5.41) is 0. The number of hydrogen-bond acceptors (Lipinski definition) is 13. The minimum Gasteiger partial charge on any atom is -0.493 e. The molecule has 0 bridgehead atoms. The van der Waals surface area contributed by atoms with E-state index in [1.54, 1.807) is 67.6 Å². The van der Waals surface area contributed by atoms with Crippen molar-refractivity contribution >= 4 is 29.8 Å². The lowest BCUT2D eigenvalue weighted by molar-refractivity contribution is -0.139. The van der Waals surface area contributed by atoms with E-state index in [1.807, 2.05) is 30.3 Å². The maximum Gasteiger partial charge on any atom is 0.343 e. The molecule has 13 nitrogen and oxygen atoms in total. The van der Waals surface area contributed by atoms with Gasteiger partial charge in [-0.3, -0.25) is 0 Å². The van der Waals surface area contributed by atoms with Crippen molar-refractivity contribution in [1.82, 2.24) is 0 Å². The quantitative estimate of drug-likeness (QED) is 0.0274. The van der Waals surface area contributed by atoms with Gasteiger partial charge in [-0.25, -0.2) is 24.0 Å². The normalized spacial score (nSPS) is 9.91. The molecular weight excluding hydrogens is 736 g/mol. The van der Waals surface area contributed by atoms with Crippen molar-refractivity contribution in [3.05, 3.63) is 152 Å². The van der Waals surface area contributed by atoms with Crippen molar-refractivity contribution in [2.45, 2.75) is 19.8 Å². The summed E-state index contributed by atoms with van der Waals surface area (Å²) in [5.41, 5.74) is 1.24. The van der Waals surface area contributed by atoms with Gasteiger partial charge in [-0.1, -0.05) is 37.9 Å². The lowest BCUT2D eigenvalue weighted by atomic mass is 10.2. The second-order valence-electron chi connectivity index (χ2n) is 11.4. The van der Waals surface area contributed by atoms with Crippen molar-refractivity contribution in [2.24, 2.45) is 0 Å². The zero-order valence-corrected chi connectivity index (χ0v) is 31.6. The zero-order valence-electron chi connectivity index (χ0n) is 31.6. The summed E-state index contributed by atoms with van der Waals surface area (Å²) in [5.74, 6) is -0.0343. The summed E-state index contributed by atoms with van der Waals surface area (Å²) < 4.78 is 41.9. The monoisotopic (exact) mass is 780 g/mol. The van der Waals surface area contributed by atoms with Crippen molar-refractivity contribution in [3.63, 3.8) is 0 Å². The molecule has 57 heavy (non-hydrogen) atoms. The van der Waals surface area contributed by atoms with Crippen LogP contribution < -0.4 is 23.7 Å². The van der Waals surface area contributed by atoms with Gasteiger partial charge < -0.3 is 37.9 Å². The number of esters is 5. The van der Waals surface area contributed by atoms with Crippen LogP contribution in [0.1, 0.15) is 39.1 Å². The Kier molecular flexibility index (Phi) is 19.4. The number of ether oxygens (including phenoxy) is 8. The van der Waals surface area contributed by atoms with Crippen LogP contribution in [0.2, 0.25) is 0 Å². The molecule has 298 valence electrons. The number of rotatable bonds is 21. The van der Waals surface area contributed by atoms with Gasteiger partial charge in [0.15, 0.2) is 0 Å². The van der Waals surface area contributed by atoms with Crippen molar-refractivity contribution in [1.29, 1.82) is 0 Å². The molecule has 4 aromatic carbocycles. The molecule has 0 aliphatic carbocycles. The van der Waals surface area contributed by atoms with E-state index < -0.39 is 29.8 Å². The Balaban J connectivity index is 0.000000522. The van der Waals surface area contributed by atoms with E-state index in [9.17, 15) is 24.0 Å². The van der Waals surface area contributed by atoms with Crippen molar-refractivity contribution in [2.75, 3.05) is 39.6 Å². The minimum absolute atomic E-state index is 0.218. The molecule has 0 aliphatic heterocycles. The largest absolute Gasteiger partial charge is 0.493 e. The number of carbonyl (C=O) groups excluding carboxylic acids is 5. The molecule has 4 rings (SSSR count). The molecule has 0 saturated carbocycles.